The molecular weight excluding hydrogens is 660 g/mol. The van der Waals surface area contributed by atoms with Crippen LogP contribution in [0.3, 0.4) is 0 Å². The van der Waals surface area contributed by atoms with E-state index in [-0.39, 0.29) is 24.3 Å². The monoisotopic (exact) mass is 688 g/mol. The number of nitrogens with two attached hydrogens (primary N) is 2. The van der Waals surface area contributed by atoms with Gasteiger partial charge in [-0.15, -0.1) is 0 Å². The zero-order valence-corrected chi connectivity index (χ0v) is 26.2. The Kier molecular flexibility index (Phi) is 10.8. The molecule has 4 aromatic carbocycles. The second-order valence-electron chi connectivity index (χ2n) is 10.3. The Labute approximate surface area is 282 Å². The number of nitrogens with zero attached hydrogens (tertiary/aromatic N) is 4. The molecular formula is C35H28F4N6O5. The molecule has 50 heavy (non-hydrogen) atoms. The van der Waals surface area contributed by atoms with E-state index in [1.54, 1.807) is 54.6 Å². The Morgan fingerprint density at radius 2 is 1.08 bits per heavy atom. The van der Waals surface area contributed by atoms with Crippen molar-refractivity contribution in [2.24, 2.45) is 11.5 Å². The molecule has 0 saturated heterocycles. The zero-order valence-electron chi connectivity index (χ0n) is 26.2. The summed E-state index contributed by atoms with van der Waals surface area (Å²) in [5, 5.41) is 8.08. The molecule has 0 bridgehead atoms. The van der Waals surface area contributed by atoms with E-state index < -0.39 is 35.3 Å². The topological polar surface area (TPSA) is 150 Å². The molecule has 2 amide bonds. The van der Waals surface area contributed by atoms with Gasteiger partial charge in [-0.25, -0.2) is 27.2 Å². The summed E-state index contributed by atoms with van der Waals surface area (Å²) in [5.41, 5.74) is 12.5. The first-order valence-electron chi connectivity index (χ1n) is 14.6. The van der Waals surface area contributed by atoms with Crippen LogP contribution in [0.2, 0.25) is 0 Å². The van der Waals surface area contributed by atoms with Gasteiger partial charge >= 0.3 is 12.1 Å². The minimum atomic E-state index is -0.699. The van der Waals surface area contributed by atoms with Crippen molar-refractivity contribution in [2.45, 2.75) is 13.2 Å². The Morgan fingerprint density at radius 3 is 1.54 bits per heavy atom. The number of hydrogen-bond donors (Lipinski definition) is 2. The molecule has 0 saturated carbocycles. The smallest absolute Gasteiger partial charge is 0.339 e. The van der Waals surface area contributed by atoms with E-state index in [1.807, 2.05) is 0 Å². The second kappa shape index (κ2) is 15.5. The Morgan fingerprint density at radius 1 is 0.620 bits per heavy atom. The van der Waals surface area contributed by atoms with E-state index in [0.717, 1.165) is 27.1 Å². The predicted octanol–water partition coefficient (Wildman–Crippen LogP) is 6.68. The number of halogens is 4. The lowest BCUT2D eigenvalue weighted by molar-refractivity contribution is 0.247. The number of amides is 2. The molecule has 0 radical (unpaired) electrons. The SMILES string of the molecule is COc1cc(-c2ccn(C(N)=O)n2)ccc1OCc1c(F)cccc1F.NC(=O)n1ccc(-c2ccc(OCc3c(F)cccc3F)cc2)n1. The molecule has 0 aliphatic carbocycles. The standard InChI is InChI=1S/C18H15F2N3O3.C17H13F2N3O2/c1-25-17-9-11(15-7-8-23(22-15)18(21)24)5-6-16(17)26-10-12-13(19)3-2-4-14(12)20;18-14-2-1-3-15(19)13(14)10-24-12-6-4-11(5-7-12)16-8-9-22(21-16)17(20)23/h2-9H,10H2,1H3,(H2,21,24);1-9H,10H2,(H2,20,23). The molecule has 4 N–H and O–H groups in total. The van der Waals surface area contributed by atoms with Crippen molar-refractivity contribution in [3.05, 3.63) is 138 Å². The Hall–Kier alpha value is -6.64. The molecule has 0 atom stereocenters. The van der Waals surface area contributed by atoms with E-state index in [2.05, 4.69) is 10.2 Å². The first kappa shape index (κ1) is 34.7. The maximum atomic E-state index is 13.7. The molecule has 0 unspecified atom stereocenters. The van der Waals surface area contributed by atoms with Gasteiger partial charge < -0.3 is 25.7 Å². The summed E-state index contributed by atoms with van der Waals surface area (Å²) in [6.45, 7) is -0.501. The van der Waals surface area contributed by atoms with Crippen LogP contribution in [0.5, 0.6) is 17.2 Å². The number of methoxy groups -OCH3 is 1. The fraction of sp³-hybridized carbons (Fsp3) is 0.0857. The van der Waals surface area contributed by atoms with E-state index in [0.29, 0.717) is 34.2 Å². The zero-order chi connectivity index (χ0) is 35.8. The third kappa shape index (κ3) is 8.25. The molecule has 0 spiro atoms. The van der Waals surface area contributed by atoms with E-state index >= 15 is 0 Å². The minimum absolute atomic E-state index is 0.123. The third-order valence-electron chi connectivity index (χ3n) is 7.12. The number of hydrogen-bond acceptors (Lipinski definition) is 7. The minimum Gasteiger partial charge on any atom is -0.493 e. The molecule has 11 nitrogen and oxygen atoms in total. The fourth-order valence-corrected chi connectivity index (χ4v) is 4.52. The average molecular weight is 689 g/mol. The summed E-state index contributed by atoms with van der Waals surface area (Å²) in [6, 6.07) is 20.8. The van der Waals surface area contributed by atoms with Crippen LogP contribution in [-0.2, 0) is 13.2 Å². The Balaban J connectivity index is 0.000000195. The average Bonchev–Trinajstić information content (AvgIpc) is 3.80. The van der Waals surface area contributed by atoms with E-state index in [4.69, 9.17) is 25.7 Å². The van der Waals surface area contributed by atoms with Gasteiger partial charge in [0.25, 0.3) is 0 Å². The van der Waals surface area contributed by atoms with Crippen molar-refractivity contribution in [1.82, 2.24) is 19.6 Å². The first-order valence-corrected chi connectivity index (χ1v) is 14.6. The third-order valence-corrected chi connectivity index (χ3v) is 7.12. The van der Waals surface area contributed by atoms with Gasteiger partial charge in [0.15, 0.2) is 11.5 Å². The van der Waals surface area contributed by atoms with Crippen molar-refractivity contribution < 1.29 is 41.4 Å². The number of aromatic nitrogens is 4. The first-order chi connectivity index (χ1) is 24.0. The molecule has 2 aromatic heterocycles. The number of ether oxygens (including phenoxy) is 3. The van der Waals surface area contributed by atoms with Gasteiger partial charge in [0.1, 0.15) is 42.2 Å². The number of benzene rings is 4. The highest BCUT2D eigenvalue weighted by molar-refractivity contribution is 5.75. The molecule has 256 valence electrons. The summed E-state index contributed by atoms with van der Waals surface area (Å²) >= 11 is 0. The van der Waals surface area contributed by atoms with Crippen LogP contribution in [0.25, 0.3) is 22.5 Å². The fourth-order valence-electron chi connectivity index (χ4n) is 4.52. The van der Waals surface area contributed by atoms with Gasteiger partial charge in [-0.3, -0.25) is 0 Å². The lowest BCUT2D eigenvalue weighted by Crippen LogP contribution is -2.19. The van der Waals surface area contributed by atoms with Crippen molar-refractivity contribution in [2.75, 3.05) is 7.11 Å². The van der Waals surface area contributed by atoms with E-state index in [9.17, 15) is 27.2 Å². The van der Waals surface area contributed by atoms with Crippen LogP contribution < -0.4 is 25.7 Å². The maximum absolute atomic E-state index is 13.7. The van der Waals surface area contributed by atoms with Crippen LogP contribution in [0.1, 0.15) is 11.1 Å². The number of carbonyl (C=O) groups excluding carboxylic acids is 2. The second-order valence-corrected chi connectivity index (χ2v) is 10.3. The van der Waals surface area contributed by atoms with Crippen molar-refractivity contribution >= 4 is 12.1 Å². The molecule has 0 aliphatic rings. The summed E-state index contributed by atoms with van der Waals surface area (Å²) in [4.78, 5) is 22.1. The van der Waals surface area contributed by atoms with Gasteiger partial charge in [0.05, 0.1) is 29.6 Å². The lowest BCUT2D eigenvalue weighted by Gasteiger charge is -2.12. The highest BCUT2D eigenvalue weighted by atomic mass is 19.1. The van der Waals surface area contributed by atoms with Gasteiger partial charge in [-0.05, 0) is 78.9 Å². The van der Waals surface area contributed by atoms with Crippen LogP contribution in [0.15, 0.2) is 103 Å². The molecule has 2 heterocycles. The summed E-state index contributed by atoms with van der Waals surface area (Å²) < 4.78 is 72.7. The molecule has 6 rings (SSSR count). The summed E-state index contributed by atoms with van der Waals surface area (Å²) in [5.74, 6) is -1.54. The molecule has 6 aromatic rings. The Bertz CT molecular complexity index is 2090. The summed E-state index contributed by atoms with van der Waals surface area (Å²) in [7, 11) is 1.44. The van der Waals surface area contributed by atoms with Gasteiger partial charge in [-0.2, -0.15) is 19.6 Å². The highest BCUT2D eigenvalue weighted by Gasteiger charge is 2.14. The van der Waals surface area contributed by atoms with E-state index in [1.165, 1.54) is 43.8 Å². The quantitative estimate of drug-likeness (QED) is 0.161. The van der Waals surface area contributed by atoms with Crippen molar-refractivity contribution in [1.29, 1.82) is 0 Å². The molecule has 0 aliphatic heterocycles. The van der Waals surface area contributed by atoms with Crippen LogP contribution in [0.4, 0.5) is 27.2 Å². The number of primary amides is 2. The van der Waals surface area contributed by atoms with Crippen LogP contribution in [-0.4, -0.2) is 38.7 Å². The summed E-state index contributed by atoms with van der Waals surface area (Å²) in [6.07, 6.45) is 2.90. The van der Waals surface area contributed by atoms with Gasteiger partial charge in [-0.1, -0.05) is 12.1 Å². The molecule has 15 heteroatoms. The number of rotatable bonds is 9. The predicted molar refractivity (Wildman–Crippen MR) is 173 cm³/mol. The van der Waals surface area contributed by atoms with Crippen molar-refractivity contribution in [3.8, 4) is 39.8 Å². The largest absolute Gasteiger partial charge is 0.493 e. The van der Waals surface area contributed by atoms with Crippen LogP contribution in [0, 0.1) is 23.3 Å². The van der Waals surface area contributed by atoms with Crippen molar-refractivity contribution in [3.63, 3.8) is 0 Å². The molecule has 0 fully saturated rings. The maximum Gasteiger partial charge on any atom is 0.339 e. The van der Waals surface area contributed by atoms with Gasteiger partial charge in [0, 0.05) is 23.5 Å². The van der Waals surface area contributed by atoms with Gasteiger partial charge in [0.2, 0.25) is 0 Å². The number of carbonyl (C=O) groups is 2. The van der Waals surface area contributed by atoms with Crippen LogP contribution >= 0.6 is 0 Å². The normalized spacial score (nSPS) is 10.6. The highest BCUT2D eigenvalue weighted by Crippen LogP contribution is 2.33. The lowest BCUT2D eigenvalue weighted by atomic mass is 10.1.